The van der Waals surface area contributed by atoms with Gasteiger partial charge in [0.1, 0.15) is 11.4 Å². The summed E-state index contributed by atoms with van der Waals surface area (Å²) in [5.74, 6) is 1.23. The fourth-order valence-electron chi connectivity index (χ4n) is 12.8. The van der Waals surface area contributed by atoms with E-state index >= 15 is 0 Å². The third kappa shape index (κ3) is 11.0. The number of nitrogens with zero attached hydrogens (tertiary/aromatic N) is 12. The van der Waals surface area contributed by atoms with Crippen LogP contribution in [0.4, 0.5) is 0 Å². The quantitative estimate of drug-likeness (QED) is 0.126. The molecule has 0 aliphatic carbocycles. The van der Waals surface area contributed by atoms with E-state index in [1.54, 1.807) is 36.9 Å². The van der Waals surface area contributed by atoms with Crippen LogP contribution in [-0.2, 0) is 0 Å². The number of benzene rings is 9. The molecule has 0 fully saturated rings. The number of hydrogen-bond acceptors (Lipinski definition) is 12. The fraction of sp³-hybridized carbons (Fsp3) is 0. The van der Waals surface area contributed by atoms with Gasteiger partial charge in [-0.2, -0.15) is 0 Å². The van der Waals surface area contributed by atoms with Crippen LogP contribution in [0.2, 0.25) is 0 Å². The van der Waals surface area contributed by atoms with E-state index in [9.17, 15) is 0 Å². The number of hydrogen-bond donors (Lipinski definition) is 0. The SMILES string of the molecule is c1ccc(-c2ccc3ccc4ccc(-c5ccc(-c6ccc7ccc(-c8ccc9ccc(-c%10ncccn%10)nc9c8)cc7n6)cc5)nc4c3n2)cc1.c1cnc(-c2ccc3ccc(-c4ccc5ccc(-c6ccc(-c7ccc8ccc9cccnc9c8n7)cc6)nc5c4)cc3n2)nc1. The molecule has 10 heterocycles. The summed E-state index contributed by atoms with van der Waals surface area (Å²) in [6.45, 7) is 0. The van der Waals surface area contributed by atoms with Crippen molar-refractivity contribution in [1.82, 2.24) is 59.8 Å². The highest BCUT2D eigenvalue weighted by Crippen LogP contribution is 2.35. The van der Waals surface area contributed by atoms with Crippen molar-refractivity contribution in [3.8, 4) is 102 Å². The Labute approximate surface area is 561 Å². The van der Waals surface area contributed by atoms with Gasteiger partial charge in [-0.25, -0.2) is 54.8 Å². The molecular formula is C86H52N12. The normalized spacial score (nSPS) is 11.5. The van der Waals surface area contributed by atoms with Crippen LogP contribution in [0.25, 0.3) is 189 Å². The third-order valence-corrected chi connectivity index (χ3v) is 18.0. The Morgan fingerprint density at radius 1 is 0.153 bits per heavy atom. The average Bonchev–Trinajstić information content (AvgIpc) is 0.784. The van der Waals surface area contributed by atoms with E-state index in [1.165, 1.54) is 0 Å². The van der Waals surface area contributed by atoms with Gasteiger partial charge < -0.3 is 0 Å². The van der Waals surface area contributed by atoms with Crippen LogP contribution in [0.5, 0.6) is 0 Å². The maximum Gasteiger partial charge on any atom is 0.178 e. The number of fused-ring (bicyclic) bond motifs is 10. The molecule has 0 radical (unpaired) electrons. The Morgan fingerprint density at radius 3 is 0.776 bits per heavy atom. The van der Waals surface area contributed by atoms with Crippen molar-refractivity contribution in [2.24, 2.45) is 0 Å². The molecule has 19 aromatic rings. The molecule has 0 atom stereocenters. The zero-order chi connectivity index (χ0) is 64.9. The van der Waals surface area contributed by atoms with Gasteiger partial charge in [0, 0.05) is 102 Å². The van der Waals surface area contributed by atoms with Crippen molar-refractivity contribution >= 4 is 87.2 Å². The number of rotatable bonds is 9. The maximum absolute atomic E-state index is 5.14. The summed E-state index contributed by atoms with van der Waals surface area (Å²) in [5, 5.41) is 8.61. The van der Waals surface area contributed by atoms with Crippen LogP contribution in [0.3, 0.4) is 0 Å². The van der Waals surface area contributed by atoms with Crippen molar-refractivity contribution in [2.75, 3.05) is 0 Å². The highest BCUT2D eigenvalue weighted by atomic mass is 14.9. The van der Waals surface area contributed by atoms with Gasteiger partial charge in [0.15, 0.2) is 11.6 Å². The van der Waals surface area contributed by atoms with Crippen LogP contribution in [0, 0.1) is 0 Å². The van der Waals surface area contributed by atoms with E-state index in [1.807, 2.05) is 42.6 Å². The van der Waals surface area contributed by atoms with Gasteiger partial charge in [0.25, 0.3) is 0 Å². The zero-order valence-electron chi connectivity index (χ0n) is 52.4. The summed E-state index contributed by atoms with van der Waals surface area (Å²) in [6.07, 6.45) is 8.75. The largest absolute Gasteiger partial charge is 0.254 e. The second-order valence-electron chi connectivity index (χ2n) is 24.1. The molecule has 0 spiro atoms. The van der Waals surface area contributed by atoms with Gasteiger partial charge in [-0.15, -0.1) is 0 Å². The Hall–Kier alpha value is -13.6. The Bertz CT molecular complexity index is 6300. The molecule has 10 aromatic heterocycles. The average molecular weight is 1250 g/mol. The summed E-state index contributed by atoms with van der Waals surface area (Å²) >= 11 is 0. The van der Waals surface area contributed by atoms with Gasteiger partial charge in [-0.1, -0.05) is 200 Å². The Morgan fingerprint density at radius 2 is 0.408 bits per heavy atom. The fourth-order valence-corrected chi connectivity index (χ4v) is 12.8. The molecule has 0 saturated carbocycles. The van der Waals surface area contributed by atoms with Crippen molar-refractivity contribution in [3.63, 3.8) is 0 Å². The van der Waals surface area contributed by atoms with Crippen molar-refractivity contribution < 1.29 is 0 Å². The van der Waals surface area contributed by atoms with Crippen LogP contribution in [0.1, 0.15) is 0 Å². The Kier molecular flexibility index (Phi) is 14.2. The Balaban J connectivity index is 0.000000143. The van der Waals surface area contributed by atoms with E-state index in [4.69, 9.17) is 34.9 Å². The van der Waals surface area contributed by atoms with E-state index in [0.717, 1.165) is 177 Å². The van der Waals surface area contributed by atoms with E-state index in [-0.39, 0.29) is 0 Å². The summed E-state index contributed by atoms with van der Waals surface area (Å²) in [5.41, 5.74) is 23.0. The van der Waals surface area contributed by atoms with E-state index in [2.05, 4.69) is 262 Å². The number of aromatic nitrogens is 12. The lowest BCUT2D eigenvalue weighted by Gasteiger charge is -2.09. The molecule has 0 aliphatic rings. The first-order valence-electron chi connectivity index (χ1n) is 32.3. The summed E-state index contributed by atoms with van der Waals surface area (Å²) in [7, 11) is 0. The van der Waals surface area contributed by atoms with Crippen LogP contribution >= 0.6 is 0 Å². The summed E-state index contributed by atoms with van der Waals surface area (Å²) in [6, 6.07) is 97.9. The first-order chi connectivity index (χ1) is 48.5. The standard InChI is InChI=1S/C46H28N6.C40H24N6/c1-2-5-29(6-3-1)39-22-19-34-13-14-35-20-23-40(52-45(35)44(34)51-39)31-9-7-30(8-10-31)38-21-17-32-11-15-36(27-42(32)49-38)37-16-12-33-18-24-41(50-43(33)28-37)46-47-25-4-26-48-46;1-3-29-10-11-30-16-18-34(46-39(30)38(29)41-20-1)26-6-4-25(5-7-26)33-17-14-27-8-12-31(23-36(27)44-33)32-13-9-28-15-19-35(45-37(28)24-32)40-42-21-2-22-43-40/h1-28H;1-24H. The van der Waals surface area contributed by atoms with E-state index < -0.39 is 0 Å². The van der Waals surface area contributed by atoms with Gasteiger partial charge in [0.05, 0.1) is 72.6 Å². The molecular weight excluding hydrogens is 1200 g/mol. The van der Waals surface area contributed by atoms with Crippen molar-refractivity contribution in [1.29, 1.82) is 0 Å². The van der Waals surface area contributed by atoms with Crippen LogP contribution < -0.4 is 0 Å². The molecule has 0 N–H and O–H groups in total. The lowest BCUT2D eigenvalue weighted by Crippen LogP contribution is -1.91. The molecule has 0 bridgehead atoms. The molecule has 12 heteroatoms. The highest BCUT2D eigenvalue weighted by Gasteiger charge is 2.15. The first-order valence-corrected chi connectivity index (χ1v) is 32.3. The van der Waals surface area contributed by atoms with Crippen LogP contribution in [0.15, 0.2) is 316 Å². The zero-order valence-corrected chi connectivity index (χ0v) is 52.4. The predicted octanol–water partition coefficient (Wildman–Crippen LogP) is 20.3. The van der Waals surface area contributed by atoms with Gasteiger partial charge in [-0.05, 0) is 107 Å². The molecule has 19 rings (SSSR count). The minimum absolute atomic E-state index is 0.613. The molecule has 0 aliphatic heterocycles. The van der Waals surface area contributed by atoms with Gasteiger partial charge in [-0.3, -0.25) is 4.98 Å². The molecule has 0 unspecified atom stereocenters. The van der Waals surface area contributed by atoms with Gasteiger partial charge >= 0.3 is 0 Å². The lowest BCUT2D eigenvalue weighted by molar-refractivity contribution is 1.15. The van der Waals surface area contributed by atoms with Crippen molar-refractivity contribution in [3.05, 3.63) is 316 Å². The molecule has 98 heavy (non-hydrogen) atoms. The van der Waals surface area contributed by atoms with E-state index in [0.29, 0.717) is 11.6 Å². The minimum atomic E-state index is 0.613. The monoisotopic (exact) mass is 1250 g/mol. The molecule has 9 aromatic carbocycles. The second kappa shape index (κ2) is 24.4. The highest BCUT2D eigenvalue weighted by molar-refractivity contribution is 6.05. The maximum atomic E-state index is 5.14. The second-order valence-corrected chi connectivity index (χ2v) is 24.1. The third-order valence-electron chi connectivity index (χ3n) is 18.0. The molecule has 12 nitrogen and oxygen atoms in total. The van der Waals surface area contributed by atoms with Crippen LogP contribution in [-0.4, -0.2) is 59.8 Å². The lowest BCUT2D eigenvalue weighted by atomic mass is 10.0. The molecule has 456 valence electrons. The first kappa shape index (κ1) is 57.1. The minimum Gasteiger partial charge on any atom is -0.254 e. The molecule has 0 saturated heterocycles. The predicted molar refractivity (Wildman–Crippen MR) is 395 cm³/mol. The van der Waals surface area contributed by atoms with Crippen molar-refractivity contribution in [2.45, 2.75) is 0 Å². The topological polar surface area (TPSA) is 155 Å². The molecule has 0 amide bonds. The smallest absolute Gasteiger partial charge is 0.178 e. The summed E-state index contributed by atoms with van der Waals surface area (Å²) < 4.78 is 0. The summed E-state index contributed by atoms with van der Waals surface area (Å²) in [4.78, 5) is 57.2. The van der Waals surface area contributed by atoms with Gasteiger partial charge in [0.2, 0.25) is 0 Å². The number of pyridine rings is 8.